The minimum absolute atomic E-state index is 0.317. The SMILES string of the molecule is CC(C)(O)C(C)(C)OBc1cc(C#N)cc(-c2cccc(-c3ccccc3)c2)c1. The Morgan fingerprint density at radius 2 is 1.41 bits per heavy atom. The van der Waals surface area contributed by atoms with Gasteiger partial charge in [-0.2, -0.15) is 5.26 Å². The quantitative estimate of drug-likeness (QED) is 0.641. The van der Waals surface area contributed by atoms with Crippen LogP contribution in [-0.4, -0.2) is 23.8 Å². The molecule has 3 rings (SSSR count). The van der Waals surface area contributed by atoms with Gasteiger partial charge < -0.3 is 9.76 Å². The molecule has 3 aromatic carbocycles. The first-order valence-electron chi connectivity index (χ1n) is 9.76. The number of hydrogen-bond donors (Lipinski definition) is 1. The van der Waals surface area contributed by atoms with E-state index in [9.17, 15) is 10.4 Å². The molecule has 0 aliphatic rings. The highest BCUT2D eigenvalue weighted by Gasteiger charge is 2.35. The predicted molar refractivity (Wildman–Crippen MR) is 120 cm³/mol. The number of nitrogens with zero attached hydrogens (tertiary/aromatic N) is 1. The second kappa shape index (κ2) is 8.25. The smallest absolute Gasteiger partial charge is 0.309 e. The van der Waals surface area contributed by atoms with Crippen molar-refractivity contribution in [1.82, 2.24) is 0 Å². The molecule has 0 aromatic heterocycles. The maximum absolute atomic E-state index is 10.3. The van der Waals surface area contributed by atoms with Crippen LogP contribution in [0, 0.1) is 11.3 Å². The summed E-state index contributed by atoms with van der Waals surface area (Å²) in [5.41, 5.74) is 4.10. The lowest BCUT2D eigenvalue weighted by molar-refractivity contribution is -0.0893. The van der Waals surface area contributed by atoms with Crippen molar-refractivity contribution in [2.75, 3.05) is 0 Å². The Kier molecular flexibility index (Phi) is 5.93. The lowest BCUT2D eigenvalue weighted by atomic mass is 9.81. The van der Waals surface area contributed by atoms with Crippen molar-refractivity contribution < 1.29 is 9.76 Å². The van der Waals surface area contributed by atoms with Crippen LogP contribution in [0.1, 0.15) is 33.3 Å². The normalized spacial score (nSPS) is 11.7. The van der Waals surface area contributed by atoms with Crippen LogP contribution in [0.2, 0.25) is 0 Å². The summed E-state index contributed by atoms with van der Waals surface area (Å²) < 4.78 is 6.00. The van der Waals surface area contributed by atoms with Crippen LogP contribution in [-0.2, 0) is 4.65 Å². The number of rotatable bonds is 6. The number of benzene rings is 3. The average molecular weight is 383 g/mol. The molecule has 0 bridgehead atoms. The average Bonchev–Trinajstić information content (AvgIpc) is 2.72. The van der Waals surface area contributed by atoms with Gasteiger partial charge in [-0.3, -0.25) is 0 Å². The van der Waals surface area contributed by atoms with Crippen molar-refractivity contribution in [1.29, 1.82) is 5.26 Å². The summed E-state index contributed by atoms with van der Waals surface area (Å²) in [5, 5.41) is 19.8. The van der Waals surface area contributed by atoms with E-state index in [4.69, 9.17) is 4.65 Å². The molecule has 3 nitrogen and oxygen atoms in total. The highest BCUT2D eigenvalue weighted by Crippen LogP contribution is 2.27. The second-order valence-electron chi connectivity index (χ2n) is 8.34. The molecule has 0 aliphatic heterocycles. The zero-order valence-corrected chi connectivity index (χ0v) is 17.4. The number of nitriles is 1. The van der Waals surface area contributed by atoms with E-state index in [2.05, 4.69) is 30.3 Å². The molecule has 0 spiro atoms. The Bertz CT molecular complexity index is 1030. The van der Waals surface area contributed by atoms with Gasteiger partial charge in [0.1, 0.15) is 0 Å². The van der Waals surface area contributed by atoms with Gasteiger partial charge in [-0.1, -0.05) is 60.1 Å². The third-order valence-corrected chi connectivity index (χ3v) is 5.50. The Hall–Kier alpha value is -2.87. The summed E-state index contributed by atoms with van der Waals surface area (Å²) in [6.07, 6.45) is 0. The van der Waals surface area contributed by atoms with Crippen LogP contribution >= 0.6 is 0 Å². The highest BCUT2D eigenvalue weighted by molar-refractivity contribution is 6.47. The van der Waals surface area contributed by atoms with E-state index in [1.807, 2.05) is 62.4 Å². The monoisotopic (exact) mass is 383 g/mol. The highest BCUT2D eigenvalue weighted by atomic mass is 16.5. The fourth-order valence-electron chi connectivity index (χ4n) is 2.96. The zero-order valence-electron chi connectivity index (χ0n) is 17.4. The van der Waals surface area contributed by atoms with Gasteiger partial charge in [0.2, 0.25) is 0 Å². The van der Waals surface area contributed by atoms with Gasteiger partial charge in [-0.05, 0) is 68.1 Å². The molecule has 0 amide bonds. The van der Waals surface area contributed by atoms with Crippen LogP contribution < -0.4 is 5.46 Å². The summed E-state index contributed by atoms with van der Waals surface area (Å²) in [6.45, 7) is 7.20. The first-order valence-corrected chi connectivity index (χ1v) is 9.76. The molecule has 4 heteroatoms. The molecule has 29 heavy (non-hydrogen) atoms. The minimum atomic E-state index is -0.979. The Balaban J connectivity index is 1.93. The third-order valence-electron chi connectivity index (χ3n) is 5.50. The summed E-state index contributed by atoms with van der Waals surface area (Å²) in [6, 6.07) is 26.6. The van der Waals surface area contributed by atoms with Crippen molar-refractivity contribution in [3.05, 3.63) is 78.4 Å². The fourth-order valence-corrected chi connectivity index (χ4v) is 2.96. The van der Waals surface area contributed by atoms with E-state index in [1.165, 1.54) is 0 Å². The molecular formula is C25H26BNO2. The first-order chi connectivity index (χ1) is 13.7. The van der Waals surface area contributed by atoms with Crippen LogP contribution in [0.5, 0.6) is 0 Å². The number of aliphatic hydroxyl groups is 1. The van der Waals surface area contributed by atoms with E-state index < -0.39 is 11.2 Å². The second-order valence-corrected chi connectivity index (χ2v) is 8.34. The maximum Gasteiger partial charge on any atom is 0.309 e. The van der Waals surface area contributed by atoms with Crippen LogP contribution in [0.15, 0.2) is 72.8 Å². The minimum Gasteiger partial charge on any atom is -0.427 e. The van der Waals surface area contributed by atoms with Gasteiger partial charge in [0.15, 0.2) is 0 Å². The maximum atomic E-state index is 10.3. The molecule has 0 heterocycles. The van der Waals surface area contributed by atoms with Gasteiger partial charge in [-0.15, -0.1) is 0 Å². The molecule has 146 valence electrons. The summed E-state index contributed by atoms with van der Waals surface area (Å²) in [5.74, 6) is 0. The van der Waals surface area contributed by atoms with Gasteiger partial charge in [0.25, 0.3) is 0 Å². The van der Waals surface area contributed by atoms with Gasteiger partial charge >= 0.3 is 7.48 Å². The summed E-state index contributed by atoms with van der Waals surface area (Å²) in [7, 11) is 0.317. The van der Waals surface area contributed by atoms with Crippen LogP contribution in [0.25, 0.3) is 22.3 Å². The van der Waals surface area contributed by atoms with Gasteiger partial charge in [0, 0.05) is 0 Å². The van der Waals surface area contributed by atoms with Crippen LogP contribution in [0.4, 0.5) is 0 Å². The molecule has 0 saturated carbocycles. The van der Waals surface area contributed by atoms with Crippen molar-refractivity contribution >= 4 is 12.9 Å². The number of hydrogen-bond acceptors (Lipinski definition) is 3. The molecular weight excluding hydrogens is 357 g/mol. The van der Waals surface area contributed by atoms with E-state index in [0.29, 0.717) is 13.0 Å². The molecule has 0 unspecified atom stereocenters. The van der Waals surface area contributed by atoms with E-state index >= 15 is 0 Å². The zero-order chi connectivity index (χ0) is 21.1. The molecule has 0 radical (unpaired) electrons. The van der Waals surface area contributed by atoms with Crippen molar-refractivity contribution in [2.45, 2.75) is 38.9 Å². The molecule has 0 saturated heterocycles. The van der Waals surface area contributed by atoms with Crippen molar-refractivity contribution in [3.8, 4) is 28.3 Å². The van der Waals surface area contributed by atoms with Crippen molar-refractivity contribution in [2.24, 2.45) is 0 Å². The van der Waals surface area contributed by atoms with E-state index in [1.54, 1.807) is 13.8 Å². The lowest BCUT2D eigenvalue weighted by Crippen LogP contribution is -2.49. The molecule has 3 aromatic rings. The lowest BCUT2D eigenvalue weighted by Gasteiger charge is -2.37. The van der Waals surface area contributed by atoms with E-state index in [0.717, 1.165) is 27.7 Å². The molecule has 0 fully saturated rings. The van der Waals surface area contributed by atoms with Crippen molar-refractivity contribution in [3.63, 3.8) is 0 Å². The fraction of sp³-hybridized carbons (Fsp3) is 0.240. The molecule has 1 N–H and O–H groups in total. The topological polar surface area (TPSA) is 53.2 Å². The largest absolute Gasteiger partial charge is 0.427 e. The summed E-state index contributed by atoms with van der Waals surface area (Å²) >= 11 is 0. The van der Waals surface area contributed by atoms with Crippen LogP contribution in [0.3, 0.4) is 0 Å². The Morgan fingerprint density at radius 3 is 2.03 bits per heavy atom. The van der Waals surface area contributed by atoms with E-state index in [-0.39, 0.29) is 0 Å². The molecule has 0 atom stereocenters. The van der Waals surface area contributed by atoms with Gasteiger partial charge in [0.05, 0.1) is 22.8 Å². The summed E-state index contributed by atoms with van der Waals surface area (Å²) in [4.78, 5) is 0. The Morgan fingerprint density at radius 1 is 0.793 bits per heavy atom. The standard InChI is InChI=1S/C25H26BNO2/c1-24(2,28)25(3,4)29-26-23-14-18(17-27)13-22(16-23)21-12-8-11-20(15-21)19-9-6-5-7-10-19/h5-16,26,28H,1-4H3. The Labute approximate surface area is 173 Å². The molecule has 0 aliphatic carbocycles. The van der Waals surface area contributed by atoms with Gasteiger partial charge in [-0.25, -0.2) is 0 Å². The predicted octanol–water partition coefficient (Wildman–Crippen LogP) is 4.44. The first kappa shape index (κ1) is 20.9. The third kappa shape index (κ3) is 4.95.